The van der Waals surface area contributed by atoms with Crippen LogP contribution in [0.3, 0.4) is 0 Å². The van der Waals surface area contributed by atoms with E-state index in [0.717, 1.165) is 12.8 Å². The van der Waals surface area contributed by atoms with E-state index in [0.29, 0.717) is 23.6 Å². The molecular weight excluding hydrogens is 312 g/mol. The molecule has 2 unspecified atom stereocenters. The fraction of sp³-hybridized carbons (Fsp3) is 0.500. The second-order valence-corrected chi connectivity index (χ2v) is 5.90. The van der Waals surface area contributed by atoms with E-state index in [-0.39, 0.29) is 23.9 Å². The van der Waals surface area contributed by atoms with Gasteiger partial charge in [-0.05, 0) is 25.0 Å². The zero-order valence-corrected chi connectivity index (χ0v) is 13.7. The Morgan fingerprint density at radius 2 is 1.79 bits per heavy atom. The van der Waals surface area contributed by atoms with Gasteiger partial charge in [0.05, 0.1) is 20.3 Å². The zero-order chi connectivity index (χ0) is 17.1. The molecule has 1 aliphatic carbocycles. The normalized spacial score (nSPS) is 22.8. The van der Waals surface area contributed by atoms with Gasteiger partial charge < -0.3 is 20.1 Å². The average molecular weight is 334 g/mol. The molecular formula is C16H22N4O4. The number of carbonyl (C=O) groups excluding carboxylic acids is 2. The van der Waals surface area contributed by atoms with E-state index in [1.165, 1.54) is 14.2 Å². The monoisotopic (exact) mass is 334 g/mol. The van der Waals surface area contributed by atoms with Gasteiger partial charge in [0.15, 0.2) is 0 Å². The third-order valence-electron chi connectivity index (χ3n) is 4.16. The number of methoxy groups -OCH3 is 2. The van der Waals surface area contributed by atoms with Gasteiger partial charge in [0.25, 0.3) is 5.91 Å². The summed E-state index contributed by atoms with van der Waals surface area (Å²) in [5.41, 5.74) is 6.15. The summed E-state index contributed by atoms with van der Waals surface area (Å²) in [5.74, 6) is 0.387. The number of hydrogen-bond acceptors (Lipinski definition) is 6. The van der Waals surface area contributed by atoms with Gasteiger partial charge in [0.1, 0.15) is 23.1 Å². The van der Waals surface area contributed by atoms with Gasteiger partial charge in [0, 0.05) is 12.6 Å². The average Bonchev–Trinajstić information content (AvgIpc) is 3.29. The number of carbonyl (C=O) groups is 2. The second kappa shape index (κ2) is 7.06. The van der Waals surface area contributed by atoms with Crippen LogP contribution in [0.1, 0.15) is 23.2 Å². The van der Waals surface area contributed by atoms with Crippen LogP contribution in [0.25, 0.3) is 0 Å². The number of ether oxygens (including phenoxy) is 2. The van der Waals surface area contributed by atoms with Crippen molar-refractivity contribution in [2.75, 3.05) is 20.8 Å². The summed E-state index contributed by atoms with van der Waals surface area (Å²) in [5, 5.41) is 5.83. The lowest BCUT2D eigenvalue weighted by Gasteiger charge is -2.20. The minimum absolute atomic E-state index is 0.111. The van der Waals surface area contributed by atoms with Gasteiger partial charge in [-0.2, -0.15) is 0 Å². The first-order chi connectivity index (χ1) is 11.6. The van der Waals surface area contributed by atoms with Crippen molar-refractivity contribution in [3.63, 3.8) is 0 Å². The van der Waals surface area contributed by atoms with E-state index in [9.17, 15) is 9.59 Å². The molecule has 0 radical (unpaired) electrons. The summed E-state index contributed by atoms with van der Waals surface area (Å²) in [6.45, 7) is 0.450. The Morgan fingerprint density at radius 3 is 2.38 bits per heavy atom. The smallest absolute Gasteiger partial charge is 0.259 e. The minimum atomic E-state index is -0.518. The van der Waals surface area contributed by atoms with E-state index in [1.807, 2.05) is 0 Å². The molecule has 3 rings (SSSR count). The molecule has 0 spiro atoms. The van der Waals surface area contributed by atoms with Crippen molar-refractivity contribution in [2.45, 2.75) is 31.0 Å². The standard InChI is InChI=1S/C16H22N4O4/c1-23-11-4-3-5-12(24-2)13(11)15(21)19-10-8-17-20-14(10)16(22)18-9-6-7-9/h3-5,9-10,14,17,20H,6-8H2,1-2H3,(H,18,22)(H,19,21). The van der Waals surface area contributed by atoms with Gasteiger partial charge in [-0.1, -0.05) is 6.07 Å². The van der Waals surface area contributed by atoms with Crippen LogP contribution in [0.15, 0.2) is 18.2 Å². The van der Waals surface area contributed by atoms with E-state index < -0.39 is 6.04 Å². The molecule has 8 nitrogen and oxygen atoms in total. The van der Waals surface area contributed by atoms with Crippen molar-refractivity contribution >= 4 is 11.8 Å². The number of hydrazine groups is 1. The van der Waals surface area contributed by atoms with Crippen LogP contribution in [0.5, 0.6) is 11.5 Å². The third kappa shape index (κ3) is 3.44. The van der Waals surface area contributed by atoms with Crippen molar-refractivity contribution in [1.82, 2.24) is 21.5 Å². The molecule has 4 N–H and O–H groups in total. The molecule has 1 aliphatic heterocycles. The van der Waals surface area contributed by atoms with Crippen LogP contribution in [0, 0.1) is 0 Å². The molecule has 1 saturated heterocycles. The lowest BCUT2D eigenvalue weighted by atomic mass is 10.1. The molecule has 1 aromatic carbocycles. The van der Waals surface area contributed by atoms with Crippen LogP contribution in [-0.4, -0.2) is 50.7 Å². The Labute approximate surface area is 140 Å². The number of nitrogens with one attached hydrogen (secondary N) is 4. The second-order valence-electron chi connectivity index (χ2n) is 5.90. The van der Waals surface area contributed by atoms with Gasteiger partial charge in [-0.15, -0.1) is 0 Å². The molecule has 2 aliphatic rings. The zero-order valence-electron chi connectivity index (χ0n) is 13.7. The highest BCUT2D eigenvalue weighted by molar-refractivity contribution is 6.00. The predicted molar refractivity (Wildman–Crippen MR) is 86.9 cm³/mol. The van der Waals surface area contributed by atoms with Gasteiger partial charge in [-0.3, -0.25) is 15.0 Å². The van der Waals surface area contributed by atoms with Crippen LogP contribution in [0.4, 0.5) is 0 Å². The summed E-state index contributed by atoms with van der Waals surface area (Å²) in [6, 6.07) is 4.52. The molecule has 8 heteroatoms. The van der Waals surface area contributed by atoms with Gasteiger partial charge >= 0.3 is 0 Å². The lowest BCUT2D eigenvalue weighted by Crippen LogP contribution is -2.53. The Morgan fingerprint density at radius 1 is 1.12 bits per heavy atom. The first-order valence-corrected chi connectivity index (χ1v) is 7.94. The van der Waals surface area contributed by atoms with Gasteiger partial charge in [-0.25, -0.2) is 5.43 Å². The van der Waals surface area contributed by atoms with Crippen LogP contribution < -0.4 is 31.0 Å². The largest absolute Gasteiger partial charge is 0.496 e. The highest BCUT2D eigenvalue weighted by atomic mass is 16.5. The van der Waals surface area contributed by atoms with Crippen molar-refractivity contribution in [3.8, 4) is 11.5 Å². The third-order valence-corrected chi connectivity index (χ3v) is 4.16. The Balaban J connectivity index is 1.73. The summed E-state index contributed by atoms with van der Waals surface area (Å²) < 4.78 is 10.5. The van der Waals surface area contributed by atoms with Crippen molar-refractivity contribution in [2.24, 2.45) is 0 Å². The quantitative estimate of drug-likeness (QED) is 0.563. The SMILES string of the molecule is COc1cccc(OC)c1C(=O)NC1CNNC1C(=O)NC1CC1. The fourth-order valence-electron chi connectivity index (χ4n) is 2.71. The molecule has 24 heavy (non-hydrogen) atoms. The molecule has 1 saturated carbocycles. The van der Waals surface area contributed by atoms with Crippen LogP contribution >= 0.6 is 0 Å². The molecule has 2 atom stereocenters. The minimum Gasteiger partial charge on any atom is -0.496 e. The summed E-state index contributed by atoms with van der Waals surface area (Å²) in [7, 11) is 2.99. The lowest BCUT2D eigenvalue weighted by molar-refractivity contribution is -0.123. The van der Waals surface area contributed by atoms with Crippen molar-refractivity contribution in [1.29, 1.82) is 0 Å². The van der Waals surface area contributed by atoms with E-state index >= 15 is 0 Å². The number of hydrogen-bond donors (Lipinski definition) is 4. The van der Waals surface area contributed by atoms with E-state index in [2.05, 4.69) is 21.5 Å². The predicted octanol–water partition coefficient (Wildman–Crippen LogP) is -0.443. The highest BCUT2D eigenvalue weighted by Gasteiger charge is 2.37. The van der Waals surface area contributed by atoms with Crippen LogP contribution in [-0.2, 0) is 4.79 Å². The number of amides is 2. The van der Waals surface area contributed by atoms with Crippen molar-refractivity contribution in [3.05, 3.63) is 23.8 Å². The molecule has 2 amide bonds. The fourth-order valence-corrected chi connectivity index (χ4v) is 2.71. The maximum atomic E-state index is 12.7. The Hall–Kier alpha value is -2.32. The molecule has 1 aromatic rings. The van der Waals surface area contributed by atoms with E-state index in [1.54, 1.807) is 18.2 Å². The Kier molecular flexibility index (Phi) is 4.86. The van der Waals surface area contributed by atoms with Crippen LogP contribution in [0.2, 0.25) is 0 Å². The maximum absolute atomic E-state index is 12.7. The molecule has 130 valence electrons. The van der Waals surface area contributed by atoms with Gasteiger partial charge in [0.2, 0.25) is 5.91 Å². The summed E-state index contributed by atoms with van der Waals surface area (Å²) in [6.07, 6.45) is 2.03. The maximum Gasteiger partial charge on any atom is 0.259 e. The first kappa shape index (κ1) is 16.5. The molecule has 2 fully saturated rings. The number of rotatable bonds is 6. The van der Waals surface area contributed by atoms with Crippen molar-refractivity contribution < 1.29 is 19.1 Å². The topological polar surface area (TPSA) is 101 Å². The molecule has 0 bridgehead atoms. The summed E-state index contributed by atoms with van der Waals surface area (Å²) >= 11 is 0. The first-order valence-electron chi connectivity index (χ1n) is 7.94. The highest BCUT2D eigenvalue weighted by Crippen LogP contribution is 2.28. The molecule has 0 aromatic heterocycles. The Bertz CT molecular complexity index is 610. The van der Waals surface area contributed by atoms with E-state index in [4.69, 9.17) is 9.47 Å². The molecule has 1 heterocycles. The summed E-state index contributed by atoms with van der Waals surface area (Å²) in [4.78, 5) is 25.0. The number of benzene rings is 1.